The molecule has 18 heavy (non-hydrogen) atoms. The van der Waals surface area contributed by atoms with Crippen molar-refractivity contribution in [3.8, 4) is 18.4 Å². The van der Waals surface area contributed by atoms with Gasteiger partial charge in [-0.1, -0.05) is 19.8 Å². The van der Waals surface area contributed by atoms with Crippen LogP contribution in [0.4, 0.5) is 0 Å². The molecule has 4 heteroatoms. The number of hydrogen-bond donors (Lipinski definition) is 0. The zero-order valence-corrected chi connectivity index (χ0v) is 11.3. The van der Waals surface area contributed by atoms with Crippen LogP contribution >= 0.6 is 0 Å². The molecule has 1 fully saturated rings. The monoisotopic (exact) mass is 244 g/mol. The number of hydrogen-bond acceptors (Lipinski definition) is 3. The summed E-state index contributed by atoms with van der Waals surface area (Å²) in [5.74, 6) is 2.62. The summed E-state index contributed by atoms with van der Waals surface area (Å²) in [5, 5.41) is 13.2. The Morgan fingerprint density at radius 3 is 2.61 bits per heavy atom. The van der Waals surface area contributed by atoms with Crippen molar-refractivity contribution in [2.75, 3.05) is 19.6 Å². The standard InChI is InChI=1S/C12H14N4.C2H6/c1-3-6-15-9-12(10-15,4-5-13)16-8-11(2)7-14-16;1-2/h1,7-8H,4,6,9-10H2,2H3;1-2H3. The second-order valence-corrected chi connectivity index (χ2v) is 4.37. The molecule has 1 saturated heterocycles. The van der Waals surface area contributed by atoms with Crippen molar-refractivity contribution in [1.29, 1.82) is 5.26 Å². The lowest BCUT2D eigenvalue weighted by molar-refractivity contribution is 0.0159. The van der Waals surface area contributed by atoms with Crippen molar-refractivity contribution < 1.29 is 0 Å². The van der Waals surface area contributed by atoms with Crippen LogP contribution in [0.15, 0.2) is 12.4 Å². The zero-order valence-electron chi connectivity index (χ0n) is 11.3. The van der Waals surface area contributed by atoms with E-state index in [0.29, 0.717) is 13.0 Å². The molecule has 2 rings (SSSR count). The first-order valence-corrected chi connectivity index (χ1v) is 6.25. The van der Waals surface area contributed by atoms with Crippen molar-refractivity contribution in [3.05, 3.63) is 18.0 Å². The van der Waals surface area contributed by atoms with Crippen LogP contribution in [0.5, 0.6) is 0 Å². The molecule has 0 aliphatic carbocycles. The molecular weight excluding hydrogens is 224 g/mol. The summed E-state index contributed by atoms with van der Waals surface area (Å²) in [6.45, 7) is 8.27. The van der Waals surface area contributed by atoms with Crippen LogP contribution in [0.3, 0.4) is 0 Å². The summed E-state index contributed by atoms with van der Waals surface area (Å²) in [6.07, 6.45) is 9.56. The number of rotatable bonds is 3. The summed E-state index contributed by atoms with van der Waals surface area (Å²) in [7, 11) is 0. The fourth-order valence-corrected chi connectivity index (χ4v) is 2.18. The highest BCUT2D eigenvalue weighted by atomic mass is 15.4. The number of aryl methyl sites for hydroxylation is 1. The lowest BCUT2D eigenvalue weighted by Gasteiger charge is -2.48. The maximum Gasteiger partial charge on any atom is 0.101 e. The molecule has 1 aromatic rings. The Kier molecular flexibility index (Phi) is 4.95. The molecule has 0 radical (unpaired) electrons. The van der Waals surface area contributed by atoms with Crippen LogP contribution in [-0.4, -0.2) is 34.3 Å². The Balaban J connectivity index is 0.000000771. The first-order valence-electron chi connectivity index (χ1n) is 6.25. The molecule has 0 N–H and O–H groups in total. The van der Waals surface area contributed by atoms with Gasteiger partial charge in [0.2, 0.25) is 0 Å². The molecule has 96 valence electrons. The Labute approximate surface area is 109 Å². The predicted molar refractivity (Wildman–Crippen MR) is 71.8 cm³/mol. The van der Waals surface area contributed by atoms with E-state index in [1.54, 1.807) is 0 Å². The third-order valence-corrected chi connectivity index (χ3v) is 2.96. The van der Waals surface area contributed by atoms with Crippen LogP contribution in [0.1, 0.15) is 25.8 Å². The molecule has 0 aromatic carbocycles. The number of aromatic nitrogens is 2. The quantitative estimate of drug-likeness (QED) is 0.761. The second-order valence-electron chi connectivity index (χ2n) is 4.37. The van der Waals surface area contributed by atoms with Crippen LogP contribution in [0.2, 0.25) is 0 Å². The average molecular weight is 244 g/mol. The van der Waals surface area contributed by atoms with Crippen molar-refractivity contribution in [2.24, 2.45) is 0 Å². The van der Waals surface area contributed by atoms with E-state index < -0.39 is 0 Å². The van der Waals surface area contributed by atoms with Gasteiger partial charge in [0.1, 0.15) is 5.54 Å². The van der Waals surface area contributed by atoms with Crippen molar-refractivity contribution in [2.45, 2.75) is 32.7 Å². The summed E-state index contributed by atoms with van der Waals surface area (Å²) >= 11 is 0. The molecule has 4 nitrogen and oxygen atoms in total. The van der Waals surface area contributed by atoms with E-state index in [2.05, 4.69) is 22.0 Å². The third-order valence-electron chi connectivity index (χ3n) is 2.96. The molecule has 0 bridgehead atoms. The normalized spacial score (nSPS) is 16.7. The Morgan fingerprint density at radius 2 is 2.17 bits per heavy atom. The molecule has 2 heterocycles. The number of nitrogens with zero attached hydrogens (tertiary/aromatic N) is 4. The van der Waals surface area contributed by atoms with Crippen molar-refractivity contribution in [1.82, 2.24) is 14.7 Å². The van der Waals surface area contributed by atoms with Gasteiger partial charge >= 0.3 is 0 Å². The predicted octanol–water partition coefficient (Wildman–Crippen LogP) is 1.78. The van der Waals surface area contributed by atoms with Crippen LogP contribution in [-0.2, 0) is 5.54 Å². The van der Waals surface area contributed by atoms with Gasteiger partial charge in [-0.25, -0.2) is 0 Å². The van der Waals surface area contributed by atoms with Crippen LogP contribution in [0, 0.1) is 30.6 Å². The fraction of sp³-hybridized carbons (Fsp3) is 0.571. The van der Waals surface area contributed by atoms with Gasteiger partial charge < -0.3 is 0 Å². The first-order chi connectivity index (χ1) is 8.70. The fourth-order valence-electron chi connectivity index (χ4n) is 2.18. The lowest BCUT2D eigenvalue weighted by Crippen LogP contribution is -2.62. The molecule has 0 saturated carbocycles. The van der Waals surface area contributed by atoms with Gasteiger partial charge in [-0.2, -0.15) is 10.4 Å². The van der Waals surface area contributed by atoms with Gasteiger partial charge in [-0.15, -0.1) is 6.42 Å². The second kappa shape index (κ2) is 6.23. The minimum absolute atomic E-state index is 0.167. The highest BCUT2D eigenvalue weighted by Gasteiger charge is 2.44. The molecule has 1 aliphatic rings. The Bertz CT molecular complexity index is 455. The van der Waals surface area contributed by atoms with Crippen molar-refractivity contribution >= 4 is 0 Å². The average Bonchev–Trinajstić information content (AvgIpc) is 2.76. The summed E-state index contributed by atoms with van der Waals surface area (Å²) < 4.78 is 1.92. The van der Waals surface area contributed by atoms with E-state index >= 15 is 0 Å². The van der Waals surface area contributed by atoms with Crippen LogP contribution in [0.25, 0.3) is 0 Å². The third kappa shape index (κ3) is 2.72. The topological polar surface area (TPSA) is 44.9 Å². The number of nitriles is 1. The van der Waals surface area contributed by atoms with Crippen LogP contribution < -0.4 is 0 Å². The molecule has 1 aliphatic heterocycles. The highest BCUT2D eigenvalue weighted by molar-refractivity contribution is 5.11. The Hall–Kier alpha value is -1.78. The maximum atomic E-state index is 8.90. The minimum atomic E-state index is -0.167. The summed E-state index contributed by atoms with van der Waals surface area (Å²) in [4.78, 5) is 2.15. The minimum Gasteiger partial charge on any atom is -0.287 e. The van der Waals surface area contributed by atoms with Gasteiger partial charge in [0.05, 0.1) is 25.2 Å². The van der Waals surface area contributed by atoms with Crippen molar-refractivity contribution in [3.63, 3.8) is 0 Å². The lowest BCUT2D eigenvalue weighted by atomic mass is 9.87. The number of likely N-dealkylation sites (tertiary alicyclic amines) is 1. The molecular formula is C14H20N4. The highest BCUT2D eigenvalue weighted by Crippen LogP contribution is 2.31. The Morgan fingerprint density at radius 1 is 1.50 bits per heavy atom. The molecule has 1 aromatic heterocycles. The van der Waals surface area contributed by atoms with E-state index in [1.165, 1.54) is 0 Å². The van der Waals surface area contributed by atoms with E-state index in [1.807, 2.05) is 37.8 Å². The molecule has 0 spiro atoms. The molecule has 0 atom stereocenters. The van der Waals surface area contributed by atoms with E-state index in [-0.39, 0.29) is 5.54 Å². The van der Waals surface area contributed by atoms with E-state index in [0.717, 1.165) is 18.7 Å². The SMILES string of the molecule is C#CCN1CC(CC#N)(n2cc(C)cn2)C1.CC. The van der Waals surface area contributed by atoms with Gasteiger partial charge in [-0.3, -0.25) is 9.58 Å². The van der Waals surface area contributed by atoms with Gasteiger partial charge in [0.15, 0.2) is 0 Å². The summed E-state index contributed by atoms with van der Waals surface area (Å²) in [5.41, 5.74) is 0.951. The first kappa shape index (κ1) is 14.3. The molecule has 0 unspecified atom stereocenters. The summed E-state index contributed by atoms with van der Waals surface area (Å²) in [6, 6.07) is 2.24. The largest absolute Gasteiger partial charge is 0.287 e. The zero-order chi connectivity index (χ0) is 13.6. The van der Waals surface area contributed by atoms with Gasteiger partial charge in [-0.05, 0) is 12.5 Å². The van der Waals surface area contributed by atoms with E-state index in [9.17, 15) is 0 Å². The van der Waals surface area contributed by atoms with Gasteiger partial charge in [0, 0.05) is 19.3 Å². The van der Waals surface area contributed by atoms with E-state index in [4.69, 9.17) is 11.7 Å². The van der Waals surface area contributed by atoms with Gasteiger partial charge in [0.25, 0.3) is 0 Å². The molecule has 0 amide bonds. The number of terminal acetylenes is 1. The maximum absolute atomic E-state index is 8.90. The smallest absolute Gasteiger partial charge is 0.101 e.